The van der Waals surface area contributed by atoms with Crippen molar-refractivity contribution < 1.29 is 28.5 Å². The number of nitrogens with one attached hydrogen (secondary N) is 1. The summed E-state index contributed by atoms with van der Waals surface area (Å²) in [5.74, 6) is 1.61. The summed E-state index contributed by atoms with van der Waals surface area (Å²) < 4.78 is 18.4. The van der Waals surface area contributed by atoms with E-state index >= 15 is 0 Å². The second-order valence-electron chi connectivity index (χ2n) is 13.7. The fraction of sp³-hybridized carbons (Fsp3) is 0.800. The summed E-state index contributed by atoms with van der Waals surface area (Å²) in [5.41, 5.74) is -0.0192. The summed E-state index contributed by atoms with van der Waals surface area (Å²) in [6.45, 7) is 8.94. The molecule has 1 aromatic heterocycles. The molecular formula is C30H45ClNO6PS. The maximum Gasteiger partial charge on any atom is 0.469 e. The van der Waals surface area contributed by atoms with Crippen LogP contribution in [0.25, 0.3) is 0 Å². The largest absolute Gasteiger partial charge is 0.469 e. The molecule has 224 valence electrons. The molecule has 40 heavy (non-hydrogen) atoms. The first kappa shape index (κ1) is 30.7. The zero-order valence-corrected chi connectivity index (χ0v) is 26.6. The van der Waals surface area contributed by atoms with Crippen LogP contribution in [0.3, 0.4) is 0 Å². The molecule has 4 fully saturated rings. The first-order valence-electron chi connectivity index (χ1n) is 15.1. The minimum absolute atomic E-state index is 0.00188. The summed E-state index contributed by atoms with van der Waals surface area (Å²) in [7, 11) is -4.68. The van der Waals surface area contributed by atoms with Crippen LogP contribution in [0.15, 0.2) is 12.1 Å². The first-order chi connectivity index (χ1) is 18.7. The number of carbonyl (C=O) groups excluding carboxylic acids is 2. The molecule has 10 atom stereocenters. The van der Waals surface area contributed by atoms with E-state index in [0.717, 1.165) is 47.7 Å². The van der Waals surface area contributed by atoms with Gasteiger partial charge in [0, 0.05) is 24.1 Å². The molecule has 0 radical (unpaired) electrons. The maximum absolute atomic E-state index is 13.2. The number of Topliss-reactive ketones (excluding diaryl/α,β-unsaturated/α-hetero) is 1. The van der Waals surface area contributed by atoms with Crippen LogP contribution in [0.4, 0.5) is 0 Å². The van der Waals surface area contributed by atoms with Gasteiger partial charge in [-0.1, -0.05) is 39.3 Å². The van der Waals surface area contributed by atoms with Crippen LogP contribution in [0.1, 0.15) is 103 Å². The zero-order chi connectivity index (χ0) is 29.0. The molecule has 0 bridgehead atoms. The van der Waals surface area contributed by atoms with Crippen molar-refractivity contribution in [3.8, 4) is 0 Å². The quantitative estimate of drug-likeness (QED) is 0.265. The number of phosphoric acid groups is 1. The topological polar surface area (TPSA) is 113 Å². The smallest absolute Gasteiger partial charge is 0.348 e. The highest BCUT2D eigenvalue weighted by molar-refractivity contribution is 7.46. The van der Waals surface area contributed by atoms with Crippen molar-refractivity contribution in [2.45, 2.75) is 104 Å². The minimum Gasteiger partial charge on any atom is -0.348 e. The SMILES string of the molecule is CC[C@@H](NC(=O)C[C@@H](C)C1CC[C@H]2[C@@H]3[C@H](OP(=O)(O)O)C[C@@H]4CC(=O)CC[C@]4(C)[C@H]3CC[C@]12C)c1ccc(Cl)s1. The fourth-order valence-electron chi connectivity index (χ4n) is 9.83. The van der Waals surface area contributed by atoms with E-state index in [1.807, 2.05) is 12.1 Å². The fourth-order valence-corrected chi connectivity index (χ4v) is 11.6. The van der Waals surface area contributed by atoms with Gasteiger partial charge in [-0.25, -0.2) is 4.57 Å². The van der Waals surface area contributed by atoms with Crippen molar-refractivity contribution in [1.82, 2.24) is 5.32 Å². The van der Waals surface area contributed by atoms with Crippen molar-refractivity contribution in [3.63, 3.8) is 0 Å². The number of amides is 1. The molecule has 0 spiro atoms. The second kappa shape index (κ2) is 11.4. The number of hydrogen-bond acceptors (Lipinski definition) is 5. The summed E-state index contributed by atoms with van der Waals surface area (Å²) >= 11 is 7.64. The third-order valence-corrected chi connectivity index (χ3v) is 13.6. The zero-order valence-electron chi connectivity index (χ0n) is 24.1. The molecule has 4 aliphatic carbocycles. The Morgan fingerprint density at radius 1 is 1.20 bits per heavy atom. The van der Waals surface area contributed by atoms with Crippen molar-refractivity contribution in [2.24, 2.45) is 46.3 Å². The Morgan fingerprint density at radius 2 is 1.93 bits per heavy atom. The number of carbonyl (C=O) groups is 2. The van der Waals surface area contributed by atoms with E-state index in [1.165, 1.54) is 11.3 Å². The molecule has 0 saturated heterocycles. The summed E-state index contributed by atoms with van der Waals surface area (Å²) in [6, 6.07) is 3.82. The molecule has 3 N–H and O–H groups in total. The number of rotatable bonds is 8. The van der Waals surface area contributed by atoms with Crippen LogP contribution in [0.2, 0.25) is 4.34 Å². The second-order valence-corrected chi connectivity index (χ2v) is 16.6. The molecule has 0 aromatic carbocycles. The van der Waals surface area contributed by atoms with Crippen molar-refractivity contribution in [1.29, 1.82) is 0 Å². The number of thiophene rings is 1. The number of fused-ring (bicyclic) bond motifs is 5. The van der Waals surface area contributed by atoms with E-state index in [9.17, 15) is 23.9 Å². The molecule has 1 unspecified atom stereocenters. The normalized spacial score (nSPS) is 39.1. The molecular weight excluding hydrogens is 569 g/mol. The average molecular weight is 614 g/mol. The third-order valence-electron chi connectivity index (χ3n) is 11.7. The van der Waals surface area contributed by atoms with Gasteiger partial charge in [0.15, 0.2) is 0 Å². The predicted octanol–water partition coefficient (Wildman–Crippen LogP) is 7.31. The lowest BCUT2D eigenvalue weighted by Gasteiger charge is -2.62. The molecule has 10 heteroatoms. The Hall–Kier alpha value is -0.760. The van der Waals surface area contributed by atoms with Crippen LogP contribution in [-0.4, -0.2) is 27.6 Å². The highest BCUT2D eigenvalue weighted by Crippen LogP contribution is 2.69. The van der Waals surface area contributed by atoms with Gasteiger partial charge in [-0.2, -0.15) is 0 Å². The Balaban J connectivity index is 1.34. The standard InChI is InChI=1S/C30H45ClNO6PS/c1-5-23(25-8-9-26(31)40-25)32-27(34)14-17(2)20-6-7-21-28-22(11-13-30(20,21)4)29(3)12-10-19(33)15-18(29)16-24(28)38-39(35,36)37/h8-9,17-18,20-24,28H,5-7,10-16H2,1-4H3,(H,32,34)(H2,35,36,37)/t17-,18+,20?,21+,22+,23-,24-,28+,29+,30-/m1/s1. The first-order valence-corrected chi connectivity index (χ1v) is 17.8. The van der Waals surface area contributed by atoms with Crippen LogP contribution in [-0.2, 0) is 18.7 Å². The lowest BCUT2D eigenvalue weighted by atomic mass is 9.44. The van der Waals surface area contributed by atoms with E-state index in [0.29, 0.717) is 31.6 Å². The highest BCUT2D eigenvalue weighted by Gasteiger charge is 2.64. The molecule has 4 saturated carbocycles. The average Bonchev–Trinajstić information content (AvgIpc) is 3.45. The van der Waals surface area contributed by atoms with Gasteiger partial charge in [-0.3, -0.25) is 14.1 Å². The van der Waals surface area contributed by atoms with E-state index in [1.54, 1.807) is 0 Å². The Kier molecular flexibility index (Phi) is 8.74. The molecule has 1 aromatic rings. The molecule has 1 heterocycles. The van der Waals surface area contributed by atoms with E-state index in [2.05, 4.69) is 33.0 Å². The van der Waals surface area contributed by atoms with Gasteiger partial charge in [0.2, 0.25) is 5.91 Å². The van der Waals surface area contributed by atoms with Crippen molar-refractivity contribution in [3.05, 3.63) is 21.3 Å². The third kappa shape index (κ3) is 5.75. The summed E-state index contributed by atoms with van der Waals surface area (Å²) in [6.07, 6.45) is 7.23. The van der Waals surface area contributed by atoms with Gasteiger partial charge in [0.05, 0.1) is 16.5 Å². The minimum atomic E-state index is -4.68. The van der Waals surface area contributed by atoms with Crippen molar-refractivity contribution in [2.75, 3.05) is 0 Å². The Labute approximate surface area is 247 Å². The van der Waals surface area contributed by atoms with E-state index in [4.69, 9.17) is 16.1 Å². The number of ketones is 1. The molecule has 0 aliphatic heterocycles. The van der Waals surface area contributed by atoms with Crippen LogP contribution in [0, 0.1) is 46.3 Å². The van der Waals surface area contributed by atoms with Gasteiger partial charge < -0.3 is 15.1 Å². The van der Waals surface area contributed by atoms with Crippen molar-refractivity contribution >= 4 is 42.5 Å². The van der Waals surface area contributed by atoms with Crippen LogP contribution < -0.4 is 5.32 Å². The molecule has 7 nitrogen and oxygen atoms in total. The summed E-state index contributed by atoms with van der Waals surface area (Å²) in [5, 5.41) is 3.23. The summed E-state index contributed by atoms with van der Waals surface area (Å²) in [4.78, 5) is 46.4. The van der Waals surface area contributed by atoms with Crippen LogP contribution in [0.5, 0.6) is 0 Å². The van der Waals surface area contributed by atoms with Gasteiger partial charge in [0.1, 0.15) is 5.78 Å². The van der Waals surface area contributed by atoms with Gasteiger partial charge in [-0.05, 0) is 103 Å². The van der Waals surface area contributed by atoms with E-state index in [-0.39, 0.29) is 58.2 Å². The number of phosphoric ester groups is 1. The monoisotopic (exact) mass is 613 g/mol. The maximum atomic E-state index is 13.2. The highest BCUT2D eigenvalue weighted by atomic mass is 35.5. The Morgan fingerprint density at radius 3 is 2.58 bits per heavy atom. The lowest BCUT2D eigenvalue weighted by Crippen LogP contribution is -2.58. The number of halogens is 1. The molecule has 5 rings (SSSR count). The number of hydrogen-bond donors (Lipinski definition) is 3. The Bertz CT molecular complexity index is 1170. The van der Waals surface area contributed by atoms with Gasteiger partial charge in [-0.15, -0.1) is 11.3 Å². The van der Waals surface area contributed by atoms with Gasteiger partial charge in [0.25, 0.3) is 0 Å². The van der Waals surface area contributed by atoms with Crippen LogP contribution >= 0.6 is 30.8 Å². The molecule has 4 aliphatic rings. The van der Waals surface area contributed by atoms with Gasteiger partial charge >= 0.3 is 7.82 Å². The van der Waals surface area contributed by atoms with E-state index < -0.39 is 13.9 Å². The molecule has 1 amide bonds. The lowest BCUT2D eigenvalue weighted by molar-refractivity contribution is -0.166. The predicted molar refractivity (Wildman–Crippen MR) is 157 cm³/mol.